The molecule has 0 spiro atoms. The van der Waals surface area contributed by atoms with Crippen LogP contribution in [0, 0.1) is 6.92 Å². The third-order valence-corrected chi connectivity index (χ3v) is 5.16. The molecule has 1 saturated heterocycles. The fourth-order valence-electron chi connectivity index (χ4n) is 3.64. The Labute approximate surface area is 151 Å². The lowest BCUT2D eigenvalue weighted by Crippen LogP contribution is -2.49. The van der Waals surface area contributed by atoms with E-state index in [2.05, 4.69) is 15.2 Å². The molecule has 0 saturated carbocycles. The van der Waals surface area contributed by atoms with Gasteiger partial charge in [-0.15, -0.1) is 0 Å². The fourth-order valence-corrected chi connectivity index (χ4v) is 3.64. The van der Waals surface area contributed by atoms with Crippen LogP contribution in [0.5, 0.6) is 0 Å². The van der Waals surface area contributed by atoms with Gasteiger partial charge in [-0.2, -0.15) is 5.10 Å². The number of aromatic nitrogens is 3. The van der Waals surface area contributed by atoms with Gasteiger partial charge in [-0.3, -0.25) is 14.5 Å². The predicted molar refractivity (Wildman–Crippen MR) is 94.1 cm³/mol. The monoisotopic (exact) mass is 357 g/mol. The van der Waals surface area contributed by atoms with Crippen LogP contribution in [0.3, 0.4) is 0 Å². The van der Waals surface area contributed by atoms with Crippen LogP contribution in [0.4, 0.5) is 0 Å². The van der Waals surface area contributed by atoms with Crippen LogP contribution in [0.25, 0.3) is 0 Å². The van der Waals surface area contributed by atoms with Crippen molar-refractivity contribution in [2.24, 2.45) is 0 Å². The number of hydrogen-bond acceptors (Lipinski definition) is 6. The number of hydrogen-bond donors (Lipinski definition) is 0. The van der Waals surface area contributed by atoms with Gasteiger partial charge in [0.2, 0.25) is 0 Å². The summed E-state index contributed by atoms with van der Waals surface area (Å²) in [6.45, 7) is 5.98. The lowest BCUT2D eigenvalue weighted by molar-refractivity contribution is 0.0621. The highest BCUT2D eigenvalue weighted by Crippen LogP contribution is 2.17. The number of carbonyl (C=O) groups excluding carboxylic acids is 1. The van der Waals surface area contributed by atoms with Crippen molar-refractivity contribution in [3.05, 3.63) is 45.2 Å². The van der Waals surface area contributed by atoms with Gasteiger partial charge in [0, 0.05) is 44.9 Å². The lowest BCUT2D eigenvalue weighted by Gasteiger charge is -2.34. The molecular weight excluding hydrogens is 334 g/mol. The zero-order valence-corrected chi connectivity index (χ0v) is 15.0. The van der Waals surface area contributed by atoms with E-state index in [9.17, 15) is 9.59 Å². The molecule has 8 nitrogen and oxygen atoms in total. The molecule has 0 unspecified atom stereocenters. The van der Waals surface area contributed by atoms with Gasteiger partial charge in [0.25, 0.3) is 11.5 Å². The summed E-state index contributed by atoms with van der Waals surface area (Å²) in [5, 5.41) is 8.31. The van der Waals surface area contributed by atoms with Crippen molar-refractivity contribution >= 4 is 5.91 Å². The number of piperazine rings is 1. The van der Waals surface area contributed by atoms with E-state index in [0.29, 0.717) is 31.1 Å². The van der Waals surface area contributed by atoms with E-state index in [1.54, 1.807) is 28.6 Å². The Morgan fingerprint density at radius 1 is 1.15 bits per heavy atom. The molecule has 26 heavy (non-hydrogen) atoms. The molecular formula is C18H23N5O3. The summed E-state index contributed by atoms with van der Waals surface area (Å²) in [4.78, 5) is 28.6. The number of aryl methyl sites for hydroxylation is 3. The number of rotatable bonds is 4. The molecule has 3 heterocycles. The molecule has 4 rings (SSSR count). The van der Waals surface area contributed by atoms with Gasteiger partial charge in [0.1, 0.15) is 5.76 Å². The van der Waals surface area contributed by atoms with Crippen LogP contribution in [0.15, 0.2) is 21.5 Å². The Kier molecular flexibility index (Phi) is 4.58. The van der Waals surface area contributed by atoms with E-state index in [0.717, 1.165) is 50.2 Å². The van der Waals surface area contributed by atoms with Crippen LogP contribution >= 0.6 is 0 Å². The maximum atomic E-state index is 12.4. The Balaban J connectivity index is 1.30. The molecule has 0 aromatic carbocycles. The van der Waals surface area contributed by atoms with Crippen molar-refractivity contribution in [1.29, 1.82) is 0 Å². The van der Waals surface area contributed by atoms with E-state index in [-0.39, 0.29) is 11.5 Å². The second kappa shape index (κ2) is 7.03. The van der Waals surface area contributed by atoms with E-state index in [4.69, 9.17) is 4.52 Å². The van der Waals surface area contributed by atoms with Crippen molar-refractivity contribution in [3.8, 4) is 0 Å². The van der Waals surface area contributed by atoms with Gasteiger partial charge in [0.05, 0.1) is 12.2 Å². The van der Waals surface area contributed by atoms with Gasteiger partial charge < -0.3 is 9.42 Å². The zero-order valence-electron chi connectivity index (χ0n) is 15.0. The Bertz CT molecular complexity index is 864. The van der Waals surface area contributed by atoms with Gasteiger partial charge in [-0.25, -0.2) is 4.68 Å². The minimum absolute atomic E-state index is 0.0131. The smallest absolute Gasteiger partial charge is 0.276 e. The molecule has 1 fully saturated rings. The Morgan fingerprint density at radius 2 is 1.96 bits per heavy atom. The molecule has 1 aliphatic heterocycles. The summed E-state index contributed by atoms with van der Waals surface area (Å²) in [7, 11) is 0. The molecule has 0 N–H and O–H groups in total. The standard InChI is InChI=1S/C18H23N5O3/c1-13-11-16(20-26-13)18(25)22-8-5-21(6-9-22)7-10-23-17(24)12-14-3-2-4-15(14)19-23/h11-12H,2-10H2,1H3. The largest absolute Gasteiger partial charge is 0.361 e. The summed E-state index contributed by atoms with van der Waals surface area (Å²) < 4.78 is 6.56. The predicted octanol–water partition coefficient (Wildman–Crippen LogP) is 0.486. The zero-order chi connectivity index (χ0) is 18.1. The highest BCUT2D eigenvalue weighted by molar-refractivity contribution is 5.92. The number of fused-ring (bicyclic) bond motifs is 1. The summed E-state index contributed by atoms with van der Waals surface area (Å²) >= 11 is 0. The van der Waals surface area contributed by atoms with Gasteiger partial charge in [-0.05, 0) is 31.7 Å². The second-order valence-corrected chi connectivity index (χ2v) is 6.99. The molecule has 8 heteroatoms. The first-order valence-corrected chi connectivity index (χ1v) is 9.15. The van der Waals surface area contributed by atoms with Crippen LogP contribution in [0.2, 0.25) is 0 Å². The first-order valence-electron chi connectivity index (χ1n) is 9.15. The van der Waals surface area contributed by atoms with Crippen molar-refractivity contribution in [2.75, 3.05) is 32.7 Å². The van der Waals surface area contributed by atoms with E-state index < -0.39 is 0 Å². The minimum atomic E-state index is -0.0852. The van der Waals surface area contributed by atoms with Crippen molar-refractivity contribution in [2.45, 2.75) is 32.7 Å². The van der Waals surface area contributed by atoms with Gasteiger partial charge >= 0.3 is 0 Å². The average Bonchev–Trinajstić information content (AvgIpc) is 3.28. The molecule has 0 atom stereocenters. The highest BCUT2D eigenvalue weighted by atomic mass is 16.5. The van der Waals surface area contributed by atoms with Crippen LogP contribution in [-0.4, -0.2) is 63.4 Å². The molecule has 2 aliphatic rings. The number of amides is 1. The SMILES string of the molecule is Cc1cc(C(=O)N2CCN(CCn3nc4c(cc3=O)CCC4)CC2)no1. The topological polar surface area (TPSA) is 84.5 Å². The van der Waals surface area contributed by atoms with Crippen molar-refractivity contribution < 1.29 is 9.32 Å². The molecule has 0 bridgehead atoms. The van der Waals surface area contributed by atoms with Gasteiger partial charge in [-0.1, -0.05) is 5.16 Å². The van der Waals surface area contributed by atoms with Gasteiger partial charge in [0.15, 0.2) is 5.69 Å². The van der Waals surface area contributed by atoms with E-state index in [1.807, 2.05) is 0 Å². The Morgan fingerprint density at radius 3 is 2.69 bits per heavy atom. The second-order valence-electron chi connectivity index (χ2n) is 6.99. The average molecular weight is 357 g/mol. The molecule has 2 aromatic rings. The Hall–Kier alpha value is -2.48. The molecule has 1 amide bonds. The van der Waals surface area contributed by atoms with Crippen LogP contribution in [0.1, 0.15) is 33.9 Å². The summed E-state index contributed by atoms with van der Waals surface area (Å²) in [6.07, 6.45) is 3.03. The molecule has 138 valence electrons. The first kappa shape index (κ1) is 17.0. The summed E-state index contributed by atoms with van der Waals surface area (Å²) in [5.74, 6) is 0.553. The minimum Gasteiger partial charge on any atom is -0.361 e. The normalized spacial score (nSPS) is 17.5. The van der Waals surface area contributed by atoms with E-state index >= 15 is 0 Å². The molecule has 0 radical (unpaired) electrons. The first-order chi connectivity index (χ1) is 12.6. The third kappa shape index (κ3) is 3.41. The van der Waals surface area contributed by atoms with Crippen molar-refractivity contribution in [3.63, 3.8) is 0 Å². The van der Waals surface area contributed by atoms with E-state index in [1.165, 1.54) is 0 Å². The maximum absolute atomic E-state index is 12.4. The molecule has 2 aromatic heterocycles. The number of nitrogens with zero attached hydrogens (tertiary/aromatic N) is 5. The van der Waals surface area contributed by atoms with Crippen molar-refractivity contribution in [1.82, 2.24) is 24.7 Å². The van der Waals surface area contributed by atoms with Crippen LogP contribution < -0.4 is 5.56 Å². The molecule has 1 aliphatic carbocycles. The fraction of sp³-hybridized carbons (Fsp3) is 0.556. The number of carbonyl (C=O) groups is 1. The maximum Gasteiger partial charge on any atom is 0.276 e. The highest BCUT2D eigenvalue weighted by Gasteiger charge is 2.24. The summed E-state index contributed by atoms with van der Waals surface area (Å²) in [5.41, 5.74) is 2.54. The lowest BCUT2D eigenvalue weighted by atomic mass is 10.2. The summed E-state index contributed by atoms with van der Waals surface area (Å²) in [6, 6.07) is 3.41. The van der Waals surface area contributed by atoms with Crippen LogP contribution in [-0.2, 0) is 19.4 Å². The third-order valence-electron chi connectivity index (χ3n) is 5.16. The quantitative estimate of drug-likeness (QED) is 0.792.